The van der Waals surface area contributed by atoms with Crippen molar-refractivity contribution in [1.29, 1.82) is 0 Å². The van der Waals surface area contributed by atoms with Gasteiger partial charge in [0.1, 0.15) is 5.54 Å². The normalized spacial score (nSPS) is 18.2. The summed E-state index contributed by atoms with van der Waals surface area (Å²) in [6, 6.07) is 14.3. The van der Waals surface area contributed by atoms with Gasteiger partial charge >= 0.3 is 0 Å². The molecule has 7 nitrogen and oxygen atoms in total. The van der Waals surface area contributed by atoms with Gasteiger partial charge in [0.15, 0.2) is 4.90 Å². The molecule has 1 atom stereocenters. The van der Waals surface area contributed by atoms with Crippen LogP contribution in [-0.2, 0) is 33.4 Å². The van der Waals surface area contributed by atoms with E-state index >= 15 is 0 Å². The Morgan fingerprint density at radius 3 is 2.42 bits per heavy atom. The smallest absolute Gasteiger partial charge is 0.269 e. The van der Waals surface area contributed by atoms with E-state index in [0.29, 0.717) is 13.1 Å². The van der Waals surface area contributed by atoms with Crippen molar-refractivity contribution in [2.45, 2.75) is 51.2 Å². The molecule has 2 aromatic carbocycles. The number of H-pyrrole nitrogens is 1. The van der Waals surface area contributed by atoms with E-state index in [9.17, 15) is 18.0 Å². The molecule has 1 unspecified atom stereocenters. The first kappa shape index (κ1) is 22.9. The topological polar surface area (TPSA) is 99.3 Å². The SMILES string of the molecule is Cc1cc(C)c(CN2Cc3ccccc3C2(C)C(=O)NS(=O)(=O)c2ccc[nH]c2=O)c(C)c1. The predicted molar refractivity (Wildman–Crippen MR) is 126 cm³/mol. The van der Waals surface area contributed by atoms with E-state index in [-0.39, 0.29) is 0 Å². The third-order valence-corrected chi connectivity index (χ3v) is 7.82. The molecular weight excluding hydrogens is 438 g/mol. The summed E-state index contributed by atoms with van der Waals surface area (Å²) in [5.74, 6) is -0.696. The summed E-state index contributed by atoms with van der Waals surface area (Å²) in [7, 11) is -4.36. The number of aryl methyl sites for hydroxylation is 3. The van der Waals surface area contributed by atoms with E-state index < -0.39 is 31.9 Å². The molecule has 3 aromatic rings. The van der Waals surface area contributed by atoms with Crippen LogP contribution >= 0.6 is 0 Å². The van der Waals surface area contributed by atoms with Crippen molar-refractivity contribution in [3.05, 3.63) is 98.5 Å². The average molecular weight is 466 g/mol. The number of sulfonamides is 1. The fourth-order valence-electron chi connectivity index (χ4n) is 4.69. The molecule has 0 fully saturated rings. The largest absolute Gasteiger partial charge is 0.328 e. The van der Waals surface area contributed by atoms with Crippen molar-refractivity contribution in [2.75, 3.05) is 0 Å². The van der Waals surface area contributed by atoms with Gasteiger partial charge in [-0.3, -0.25) is 14.5 Å². The number of aromatic nitrogens is 1. The van der Waals surface area contributed by atoms with Crippen molar-refractivity contribution in [3.8, 4) is 0 Å². The number of benzene rings is 2. The van der Waals surface area contributed by atoms with Gasteiger partial charge in [0.2, 0.25) is 0 Å². The molecule has 0 saturated heterocycles. The number of carbonyl (C=O) groups is 1. The molecule has 1 aromatic heterocycles. The molecule has 1 aliphatic rings. The zero-order chi connectivity index (χ0) is 24.0. The summed E-state index contributed by atoms with van der Waals surface area (Å²) in [6.07, 6.45) is 1.34. The number of hydrogen-bond donors (Lipinski definition) is 2. The van der Waals surface area contributed by atoms with E-state index in [0.717, 1.165) is 33.4 Å². The van der Waals surface area contributed by atoms with Crippen molar-refractivity contribution >= 4 is 15.9 Å². The van der Waals surface area contributed by atoms with Crippen molar-refractivity contribution in [1.82, 2.24) is 14.6 Å². The van der Waals surface area contributed by atoms with Crippen LogP contribution in [-0.4, -0.2) is 24.2 Å². The van der Waals surface area contributed by atoms with Crippen LogP contribution < -0.4 is 10.3 Å². The molecule has 172 valence electrons. The van der Waals surface area contributed by atoms with Crippen LogP contribution in [0, 0.1) is 20.8 Å². The van der Waals surface area contributed by atoms with E-state index in [1.165, 1.54) is 18.3 Å². The van der Waals surface area contributed by atoms with Crippen LogP contribution in [0.25, 0.3) is 0 Å². The van der Waals surface area contributed by atoms with E-state index in [4.69, 9.17) is 0 Å². The van der Waals surface area contributed by atoms with Gasteiger partial charge in [0, 0.05) is 19.3 Å². The highest BCUT2D eigenvalue weighted by Gasteiger charge is 2.48. The standard InChI is InChI=1S/C25H27N3O4S/c1-16-12-17(2)20(18(3)13-16)15-28-14-19-8-5-6-9-21(19)25(28,4)24(30)27-33(31,32)22-10-7-11-26-23(22)29/h5-13H,14-15H2,1-4H3,(H,26,29)(H,27,30). The molecule has 0 spiro atoms. The number of rotatable bonds is 5. The maximum Gasteiger partial charge on any atom is 0.269 e. The summed E-state index contributed by atoms with van der Waals surface area (Å²) in [4.78, 5) is 29.5. The Kier molecular flexibility index (Phi) is 5.76. The second-order valence-corrected chi connectivity index (χ2v) is 10.4. The van der Waals surface area contributed by atoms with Gasteiger partial charge in [0.25, 0.3) is 21.5 Å². The van der Waals surface area contributed by atoms with Gasteiger partial charge in [0.05, 0.1) is 0 Å². The highest BCUT2D eigenvalue weighted by atomic mass is 32.2. The number of amides is 1. The summed E-state index contributed by atoms with van der Waals surface area (Å²) >= 11 is 0. The maximum atomic E-state index is 13.6. The molecule has 33 heavy (non-hydrogen) atoms. The summed E-state index contributed by atoms with van der Waals surface area (Å²) in [5.41, 5.74) is 4.21. The third-order valence-electron chi connectivity index (χ3n) is 6.47. The van der Waals surface area contributed by atoms with Crippen LogP contribution in [0.2, 0.25) is 0 Å². The fourth-order valence-corrected chi connectivity index (χ4v) is 5.80. The van der Waals surface area contributed by atoms with Crippen LogP contribution in [0.5, 0.6) is 0 Å². The molecular formula is C25H27N3O4S. The van der Waals surface area contributed by atoms with E-state index in [1.54, 1.807) is 6.92 Å². The number of carbonyl (C=O) groups excluding carboxylic acids is 1. The molecule has 1 amide bonds. The van der Waals surface area contributed by atoms with Gasteiger partial charge in [-0.2, -0.15) is 0 Å². The first-order chi connectivity index (χ1) is 15.5. The molecule has 0 aliphatic carbocycles. The van der Waals surface area contributed by atoms with E-state index in [2.05, 4.69) is 21.8 Å². The molecule has 0 saturated carbocycles. The van der Waals surface area contributed by atoms with Gasteiger partial charge in [-0.05, 0) is 67.6 Å². The highest BCUT2D eigenvalue weighted by molar-refractivity contribution is 7.90. The van der Waals surface area contributed by atoms with Gasteiger partial charge in [-0.25, -0.2) is 13.1 Å². The Hall–Kier alpha value is -3.23. The minimum Gasteiger partial charge on any atom is -0.328 e. The van der Waals surface area contributed by atoms with Crippen LogP contribution in [0.4, 0.5) is 0 Å². The second kappa shape index (κ2) is 8.28. The minimum atomic E-state index is -4.36. The number of fused-ring (bicyclic) bond motifs is 1. The summed E-state index contributed by atoms with van der Waals surface area (Å²) in [5, 5.41) is 0. The van der Waals surface area contributed by atoms with Gasteiger partial charge in [-0.15, -0.1) is 0 Å². The average Bonchev–Trinajstić information content (AvgIpc) is 3.03. The first-order valence-electron chi connectivity index (χ1n) is 10.7. The Labute approximate surface area is 193 Å². The molecule has 4 rings (SSSR count). The Morgan fingerprint density at radius 2 is 1.76 bits per heavy atom. The van der Waals surface area contributed by atoms with Crippen molar-refractivity contribution in [2.24, 2.45) is 0 Å². The predicted octanol–water partition coefficient (Wildman–Crippen LogP) is 3.04. The second-order valence-electron chi connectivity index (χ2n) is 8.76. The quantitative estimate of drug-likeness (QED) is 0.603. The van der Waals surface area contributed by atoms with Gasteiger partial charge < -0.3 is 4.98 Å². The molecule has 1 aliphatic heterocycles. The number of nitrogens with one attached hydrogen (secondary N) is 2. The lowest BCUT2D eigenvalue weighted by Crippen LogP contribution is -2.52. The van der Waals surface area contributed by atoms with Crippen molar-refractivity contribution < 1.29 is 13.2 Å². The molecule has 2 heterocycles. The zero-order valence-corrected chi connectivity index (χ0v) is 19.9. The summed E-state index contributed by atoms with van der Waals surface area (Å²) < 4.78 is 28.0. The lowest BCUT2D eigenvalue weighted by Gasteiger charge is -2.35. The monoisotopic (exact) mass is 465 g/mol. The maximum absolute atomic E-state index is 13.6. The Balaban J connectivity index is 1.75. The Morgan fingerprint density at radius 1 is 1.09 bits per heavy atom. The number of nitrogens with zero attached hydrogens (tertiary/aromatic N) is 1. The summed E-state index contributed by atoms with van der Waals surface area (Å²) in [6.45, 7) is 8.84. The minimum absolute atomic E-state index is 0.475. The lowest BCUT2D eigenvalue weighted by molar-refractivity contribution is -0.131. The molecule has 0 bridgehead atoms. The Bertz CT molecular complexity index is 1390. The van der Waals surface area contributed by atoms with Crippen molar-refractivity contribution in [3.63, 3.8) is 0 Å². The number of pyridine rings is 1. The van der Waals surface area contributed by atoms with Crippen LogP contribution in [0.15, 0.2) is 64.4 Å². The lowest BCUT2D eigenvalue weighted by atomic mass is 9.90. The van der Waals surface area contributed by atoms with Gasteiger partial charge in [-0.1, -0.05) is 42.0 Å². The number of hydrogen-bond acceptors (Lipinski definition) is 5. The molecule has 2 N–H and O–H groups in total. The van der Waals surface area contributed by atoms with E-state index in [1.807, 2.05) is 49.9 Å². The fraction of sp³-hybridized carbons (Fsp3) is 0.280. The highest BCUT2D eigenvalue weighted by Crippen LogP contribution is 2.41. The van der Waals surface area contributed by atoms with Crippen LogP contribution in [0.1, 0.15) is 40.3 Å². The third kappa shape index (κ3) is 4.00. The zero-order valence-electron chi connectivity index (χ0n) is 19.1. The first-order valence-corrected chi connectivity index (χ1v) is 12.2. The number of aromatic amines is 1. The molecule has 0 radical (unpaired) electrons. The van der Waals surface area contributed by atoms with Crippen LogP contribution in [0.3, 0.4) is 0 Å². The molecule has 8 heteroatoms.